The number of hydrogen-bond donors (Lipinski definition) is 1. The van der Waals surface area contributed by atoms with E-state index in [1.807, 2.05) is 30.5 Å². The van der Waals surface area contributed by atoms with Crippen LogP contribution in [0.3, 0.4) is 0 Å². The molecule has 0 aliphatic heterocycles. The molecule has 0 aliphatic carbocycles. The van der Waals surface area contributed by atoms with Gasteiger partial charge in [-0.25, -0.2) is 0 Å². The van der Waals surface area contributed by atoms with Gasteiger partial charge in [0.1, 0.15) is 0 Å². The van der Waals surface area contributed by atoms with Gasteiger partial charge >= 0.3 is 0 Å². The molecule has 15 heavy (non-hydrogen) atoms. The Balaban J connectivity index is 2.38. The molecule has 1 aromatic carbocycles. The second-order valence-corrected chi connectivity index (χ2v) is 4.75. The van der Waals surface area contributed by atoms with E-state index in [-0.39, 0.29) is 6.04 Å². The zero-order valence-electron chi connectivity index (χ0n) is 8.41. The minimum absolute atomic E-state index is 0.0477. The van der Waals surface area contributed by atoms with Gasteiger partial charge in [-0.3, -0.25) is 0 Å². The lowest BCUT2D eigenvalue weighted by Gasteiger charge is -2.13. The Hall–Kier alpha value is -0.830. The Morgan fingerprint density at radius 1 is 1.33 bits per heavy atom. The van der Waals surface area contributed by atoms with E-state index in [4.69, 9.17) is 17.3 Å². The van der Waals surface area contributed by atoms with Gasteiger partial charge in [0.15, 0.2) is 0 Å². The van der Waals surface area contributed by atoms with E-state index in [1.54, 1.807) is 11.3 Å². The summed E-state index contributed by atoms with van der Waals surface area (Å²) >= 11 is 7.57. The van der Waals surface area contributed by atoms with Crippen LogP contribution >= 0.6 is 22.9 Å². The molecular weight excluding hydrogens is 226 g/mol. The summed E-state index contributed by atoms with van der Waals surface area (Å²) in [6.45, 7) is 2.04. The first-order valence-corrected chi connectivity index (χ1v) is 6.04. The normalized spacial score (nSPS) is 12.7. The van der Waals surface area contributed by atoms with Crippen LogP contribution in [-0.2, 0) is 0 Å². The van der Waals surface area contributed by atoms with E-state index in [9.17, 15) is 0 Å². The molecule has 0 saturated carbocycles. The highest BCUT2D eigenvalue weighted by Gasteiger charge is 2.11. The molecule has 2 rings (SSSR count). The maximum absolute atomic E-state index is 6.18. The van der Waals surface area contributed by atoms with Crippen LogP contribution < -0.4 is 5.73 Å². The molecule has 1 atom stereocenters. The highest BCUT2D eigenvalue weighted by Crippen LogP contribution is 2.26. The van der Waals surface area contributed by atoms with Crippen molar-refractivity contribution in [3.8, 4) is 0 Å². The molecular formula is C12H12ClNS. The van der Waals surface area contributed by atoms with Crippen LogP contribution in [0, 0.1) is 6.92 Å². The standard InChI is InChI=1S/C12H12ClNS/c1-8-6-10(13)2-3-11(8)12(14)9-4-5-15-7-9/h2-7,12H,14H2,1H3. The summed E-state index contributed by atoms with van der Waals surface area (Å²) in [6.07, 6.45) is 0. The molecule has 0 aliphatic rings. The third kappa shape index (κ3) is 2.23. The van der Waals surface area contributed by atoms with Gasteiger partial charge in [0.2, 0.25) is 0 Å². The highest BCUT2D eigenvalue weighted by atomic mass is 35.5. The summed E-state index contributed by atoms with van der Waals surface area (Å²) in [7, 11) is 0. The average Bonchev–Trinajstić information content (AvgIpc) is 2.69. The quantitative estimate of drug-likeness (QED) is 0.846. The summed E-state index contributed by atoms with van der Waals surface area (Å²) in [5.74, 6) is 0. The Bertz CT molecular complexity index is 451. The Morgan fingerprint density at radius 3 is 2.73 bits per heavy atom. The molecule has 1 nitrogen and oxygen atoms in total. The van der Waals surface area contributed by atoms with Gasteiger partial charge in [0, 0.05) is 5.02 Å². The van der Waals surface area contributed by atoms with Gasteiger partial charge in [-0.15, -0.1) is 0 Å². The fraction of sp³-hybridized carbons (Fsp3) is 0.167. The summed E-state index contributed by atoms with van der Waals surface area (Å²) in [6, 6.07) is 7.84. The maximum Gasteiger partial charge on any atom is 0.0562 e. The molecule has 78 valence electrons. The van der Waals surface area contributed by atoms with Gasteiger partial charge in [-0.2, -0.15) is 11.3 Å². The first-order valence-electron chi connectivity index (χ1n) is 4.72. The van der Waals surface area contributed by atoms with Crippen LogP contribution in [0.15, 0.2) is 35.0 Å². The van der Waals surface area contributed by atoms with Gasteiger partial charge in [-0.05, 0) is 52.6 Å². The Morgan fingerprint density at radius 2 is 2.13 bits per heavy atom. The monoisotopic (exact) mass is 237 g/mol. The van der Waals surface area contributed by atoms with Crippen LogP contribution in [-0.4, -0.2) is 0 Å². The zero-order chi connectivity index (χ0) is 10.8. The third-order valence-corrected chi connectivity index (χ3v) is 3.41. The number of thiophene rings is 1. The molecule has 0 radical (unpaired) electrons. The van der Waals surface area contributed by atoms with Crippen molar-refractivity contribution < 1.29 is 0 Å². The lowest BCUT2D eigenvalue weighted by atomic mass is 9.98. The van der Waals surface area contributed by atoms with E-state index < -0.39 is 0 Å². The third-order valence-electron chi connectivity index (χ3n) is 2.47. The molecule has 0 saturated heterocycles. The highest BCUT2D eigenvalue weighted by molar-refractivity contribution is 7.08. The molecule has 2 N–H and O–H groups in total. The van der Waals surface area contributed by atoms with Crippen molar-refractivity contribution >= 4 is 22.9 Å². The maximum atomic E-state index is 6.18. The predicted molar refractivity (Wildman–Crippen MR) is 66.5 cm³/mol. The van der Waals surface area contributed by atoms with Gasteiger partial charge in [-0.1, -0.05) is 17.7 Å². The van der Waals surface area contributed by atoms with Crippen molar-refractivity contribution in [1.29, 1.82) is 0 Å². The smallest absolute Gasteiger partial charge is 0.0562 e. The molecule has 2 aromatic rings. The van der Waals surface area contributed by atoms with Gasteiger partial charge in [0.25, 0.3) is 0 Å². The lowest BCUT2D eigenvalue weighted by molar-refractivity contribution is 0.867. The summed E-state index contributed by atoms with van der Waals surface area (Å²) in [5, 5.41) is 4.88. The number of benzene rings is 1. The van der Waals surface area contributed by atoms with Crippen molar-refractivity contribution in [3.05, 3.63) is 56.7 Å². The second kappa shape index (κ2) is 4.35. The lowest BCUT2D eigenvalue weighted by Crippen LogP contribution is -2.12. The van der Waals surface area contributed by atoms with Crippen molar-refractivity contribution in [3.63, 3.8) is 0 Å². The summed E-state index contributed by atoms with van der Waals surface area (Å²) in [5.41, 5.74) is 9.61. The number of nitrogens with two attached hydrogens (primary N) is 1. The van der Waals surface area contributed by atoms with E-state index in [1.165, 1.54) is 0 Å². The van der Waals surface area contributed by atoms with Crippen molar-refractivity contribution in [1.82, 2.24) is 0 Å². The van der Waals surface area contributed by atoms with Crippen LogP contribution in [0.1, 0.15) is 22.7 Å². The summed E-state index contributed by atoms with van der Waals surface area (Å²) in [4.78, 5) is 0. The predicted octanol–water partition coefficient (Wildman–Crippen LogP) is 3.76. The fourth-order valence-corrected chi connectivity index (χ4v) is 2.54. The molecule has 1 unspecified atom stereocenters. The van der Waals surface area contributed by atoms with Crippen molar-refractivity contribution in [2.45, 2.75) is 13.0 Å². The Labute approximate surface area is 98.5 Å². The average molecular weight is 238 g/mol. The zero-order valence-corrected chi connectivity index (χ0v) is 9.98. The topological polar surface area (TPSA) is 26.0 Å². The van der Waals surface area contributed by atoms with E-state index in [2.05, 4.69) is 11.4 Å². The molecule has 0 amide bonds. The number of hydrogen-bond acceptors (Lipinski definition) is 2. The van der Waals surface area contributed by atoms with Crippen molar-refractivity contribution in [2.75, 3.05) is 0 Å². The largest absolute Gasteiger partial charge is 0.320 e. The van der Waals surface area contributed by atoms with Gasteiger partial charge < -0.3 is 5.73 Å². The number of aryl methyl sites for hydroxylation is 1. The number of halogens is 1. The second-order valence-electron chi connectivity index (χ2n) is 3.54. The molecule has 3 heteroatoms. The van der Waals surface area contributed by atoms with Crippen LogP contribution in [0.5, 0.6) is 0 Å². The number of rotatable bonds is 2. The molecule has 0 spiro atoms. The van der Waals surface area contributed by atoms with Gasteiger partial charge in [0.05, 0.1) is 6.04 Å². The molecule has 0 fully saturated rings. The molecule has 1 aromatic heterocycles. The van der Waals surface area contributed by atoms with Crippen LogP contribution in [0.25, 0.3) is 0 Å². The minimum atomic E-state index is -0.0477. The van der Waals surface area contributed by atoms with E-state index in [0.29, 0.717) is 0 Å². The first kappa shape index (κ1) is 10.7. The SMILES string of the molecule is Cc1cc(Cl)ccc1C(N)c1ccsc1. The van der Waals surface area contributed by atoms with E-state index >= 15 is 0 Å². The Kier molecular flexibility index (Phi) is 3.10. The van der Waals surface area contributed by atoms with Crippen LogP contribution in [0.2, 0.25) is 5.02 Å². The molecule has 0 bridgehead atoms. The van der Waals surface area contributed by atoms with Crippen molar-refractivity contribution in [2.24, 2.45) is 5.73 Å². The first-order chi connectivity index (χ1) is 7.18. The summed E-state index contributed by atoms with van der Waals surface area (Å²) < 4.78 is 0. The fourth-order valence-electron chi connectivity index (χ4n) is 1.62. The minimum Gasteiger partial charge on any atom is -0.320 e. The van der Waals surface area contributed by atoms with Crippen LogP contribution in [0.4, 0.5) is 0 Å². The van der Waals surface area contributed by atoms with E-state index in [0.717, 1.165) is 21.7 Å². The molecule has 1 heterocycles.